The van der Waals surface area contributed by atoms with Crippen LogP contribution in [0.25, 0.3) is 0 Å². The summed E-state index contributed by atoms with van der Waals surface area (Å²) in [4.78, 5) is 12.5. The van der Waals surface area contributed by atoms with Gasteiger partial charge in [-0.25, -0.2) is 0 Å². The van der Waals surface area contributed by atoms with E-state index in [4.69, 9.17) is 9.47 Å². The van der Waals surface area contributed by atoms with Crippen LogP contribution in [0.2, 0.25) is 0 Å². The maximum atomic E-state index is 12.6. The van der Waals surface area contributed by atoms with Crippen molar-refractivity contribution in [2.24, 2.45) is 0 Å². The van der Waals surface area contributed by atoms with Gasteiger partial charge < -0.3 is 14.8 Å². The van der Waals surface area contributed by atoms with E-state index in [2.05, 4.69) is 5.32 Å². The Morgan fingerprint density at radius 2 is 1.85 bits per heavy atom. The first-order valence-electron chi connectivity index (χ1n) is 8.58. The molecular weight excluding hydrogens is 350 g/mol. The largest absolute Gasteiger partial charge is 0.486 e. The Morgan fingerprint density at radius 3 is 2.62 bits per heavy atom. The molecular formula is C20H23NO4S. The topological polar surface area (TPSA) is 64.6 Å². The smallest absolute Gasteiger partial charge is 0.239 e. The van der Waals surface area contributed by atoms with E-state index in [1.165, 1.54) is 0 Å². The highest BCUT2D eigenvalue weighted by atomic mass is 32.2. The molecule has 1 heterocycles. The molecule has 2 atom stereocenters. The number of anilines is 1. The second kappa shape index (κ2) is 7.91. The van der Waals surface area contributed by atoms with E-state index in [1.807, 2.05) is 32.0 Å². The Balaban J connectivity index is 1.65. The van der Waals surface area contributed by atoms with Crippen molar-refractivity contribution in [1.82, 2.24) is 0 Å². The number of benzene rings is 2. The number of hydrogen-bond acceptors (Lipinski definition) is 4. The Bertz CT molecular complexity index is 850. The molecule has 1 aliphatic heterocycles. The second-order valence-electron chi connectivity index (χ2n) is 6.44. The number of carbonyl (C=O) groups excluding carboxylic acids is 1. The highest BCUT2D eigenvalue weighted by Crippen LogP contribution is 2.32. The summed E-state index contributed by atoms with van der Waals surface area (Å²) in [5.74, 6) is 1.37. The Morgan fingerprint density at radius 1 is 1.12 bits per heavy atom. The number of ether oxygens (including phenoxy) is 2. The molecule has 1 N–H and O–H groups in total. The van der Waals surface area contributed by atoms with Gasteiger partial charge in [-0.3, -0.25) is 9.00 Å². The first kappa shape index (κ1) is 18.5. The highest BCUT2D eigenvalue weighted by molar-refractivity contribution is 7.85. The van der Waals surface area contributed by atoms with Crippen LogP contribution in [0.4, 0.5) is 5.69 Å². The van der Waals surface area contributed by atoms with Gasteiger partial charge in [0.15, 0.2) is 11.5 Å². The number of carbonyl (C=O) groups is 1. The second-order valence-corrected chi connectivity index (χ2v) is 8.20. The van der Waals surface area contributed by atoms with Gasteiger partial charge >= 0.3 is 0 Å². The van der Waals surface area contributed by atoms with Gasteiger partial charge in [-0.1, -0.05) is 23.8 Å². The fourth-order valence-corrected chi connectivity index (χ4v) is 3.88. The molecule has 0 bridgehead atoms. The zero-order chi connectivity index (χ0) is 18.7. The van der Waals surface area contributed by atoms with Crippen molar-refractivity contribution in [3.63, 3.8) is 0 Å². The van der Waals surface area contributed by atoms with Gasteiger partial charge in [0.25, 0.3) is 0 Å². The van der Waals surface area contributed by atoms with Crippen molar-refractivity contribution >= 4 is 22.4 Å². The average molecular weight is 373 g/mol. The first-order valence-corrected chi connectivity index (χ1v) is 9.96. The molecule has 6 heteroatoms. The molecule has 3 rings (SSSR count). The van der Waals surface area contributed by atoms with Gasteiger partial charge in [-0.05, 0) is 44.0 Å². The molecule has 5 nitrogen and oxygen atoms in total. The normalized spacial score (nSPS) is 15.2. The molecule has 138 valence electrons. The summed E-state index contributed by atoms with van der Waals surface area (Å²) in [6.45, 7) is 6.69. The summed E-state index contributed by atoms with van der Waals surface area (Å²) >= 11 is 0. The van der Waals surface area contributed by atoms with E-state index in [1.54, 1.807) is 25.1 Å². The number of amides is 1. The van der Waals surface area contributed by atoms with Crippen LogP contribution in [0.15, 0.2) is 36.4 Å². The lowest BCUT2D eigenvalue weighted by Crippen LogP contribution is -2.30. The van der Waals surface area contributed by atoms with E-state index in [-0.39, 0.29) is 5.91 Å². The summed E-state index contributed by atoms with van der Waals surface area (Å²) in [5, 5.41) is 2.19. The molecule has 0 spiro atoms. The minimum absolute atomic E-state index is 0.273. The van der Waals surface area contributed by atoms with E-state index < -0.39 is 16.0 Å². The lowest BCUT2D eigenvalue weighted by Gasteiger charge is -2.19. The quantitative estimate of drug-likeness (QED) is 0.873. The number of aryl methyl sites for hydroxylation is 2. The third-order valence-electron chi connectivity index (χ3n) is 4.38. The molecule has 1 aliphatic rings. The predicted octanol–water partition coefficient (Wildman–Crippen LogP) is 3.35. The van der Waals surface area contributed by atoms with Crippen molar-refractivity contribution in [1.29, 1.82) is 0 Å². The Kier molecular flexibility index (Phi) is 5.61. The zero-order valence-electron chi connectivity index (χ0n) is 15.2. The number of fused-ring (bicyclic) bond motifs is 1. The summed E-state index contributed by atoms with van der Waals surface area (Å²) in [6, 6.07) is 11.3. The van der Waals surface area contributed by atoms with Crippen LogP contribution in [0, 0.1) is 13.8 Å². The van der Waals surface area contributed by atoms with Crippen molar-refractivity contribution < 1.29 is 18.5 Å². The molecule has 0 unspecified atom stereocenters. The molecule has 0 aromatic heterocycles. The monoisotopic (exact) mass is 373 g/mol. The van der Waals surface area contributed by atoms with Crippen molar-refractivity contribution in [3.8, 4) is 11.5 Å². The van der Waals surface area contributed by atoms with Gasteiger partial charge in [0.2, 0.25) is 5.91 Å². The van der Waals surface area contributed by atoms with Gasteiger partial charge in [-0.15, -0.1) is 0 Å². The predicted molar refractivity (Wildman–Crippen MR) is 103 cm³/mol. The Labute approximate surface area is 156 Å². The molecule has 1 amide bonds. The minimum Gasteiger partial charge on any atom is -0.486 e. The lowest BCUT2D eigenvalue weighted by molar-refractivity contribution is -0.115. The van der Waals surface area contributed by atoms with Crippen LogP contribution < -0.4 is 14.8 Å². The van der Waals surface area contributed by atoms with Crippen LogP contribution in [-0.2, 0) is 21.3 Å². The van der Waals surface area contributed by atoms with E-state index in [0.717, 1.165) is 16.7 Å². The summed E-state index contributed by atoms with van der Waals surface area (Å²) < 4.78 is 23.6. The SMILES string of the molecule is Cc1ccc(C)c(C[S@@](=O)[C@H](C)C(=O)Nc2ccc3c(c2)OCCO3)c1. The summed E-state index contributed by atoms with van der Waals surface area (Å²) in [5.41, 5.74) is 3.83. The van der Waals surface area contributed by atoms with Gasteiger partial charge in [0.1, 0.15) is 18.5 Å². The molecule has 2 aromatic rings. The van der Waals surface area contributed by atoms with Crippen molar-refractivity contribution in [3.05, 3.63) is 53.1 Å². The number of nitrogens with one attached hydrogen (secondary N) is 1. The van der Waals surface area contributed by atoms with Crippen LogP contribution in [-0.4, -0.2) is 28.6 Å². The maximum absolute atomic E-state index is 12.6. The van der Waals surface area contributed by atoms with Gasteiger partial charge in [-0.2, -0.15) is 0 Å². The lowest BCUT2D eigenvalue weighted by atomic mass is 10.1. The third-order valence-corrected chi connectivity index (χ3v) is 5.97. The van der Waals surface area contributed by atoms with E-state index in [0.29, 0.717) is 36.2 Å². The third kappa shape index (κ3) is 4.25. The van der Waals surface area contributed by atoms with E-state index in [9.17, 15) is 9.00 Å². The average Bonchev–Trinajstić information content (AvgIpc) is 2.64. The van der Waals surface area contributed by atoms with Gasteiger partial charge in [0.05, 0.1) is 0 Å². The number of hydrogen-bond donors (Lipinski definition) is 1. The first-order chi connectivity index (χ1) is 12.4. The maximum Gasteiger partial charge on any atom is 0.239 e. The zero-order valence-corrected chi connectivity index (χ0v) is 16.0. The van der Waals surface area contributed by atoms with Gasteiger partial charge in [0, 0.05) is 28.3 Å². The molecule has 0 saturated carbocycles. The standard InChI is InChI=1S/C20H23NO4S/c1-13-4-5-14(2)16(10-13)12-26(23)15(3)20(22)21-17-6-7-18-19(11-17)25-9-8-24-18/h4-7,10-11,15H,8-9,12H2,1-3H3,(H,21,22)/t15-,26-/m1/s1. The fraction of sp³-hybridized carbons (Fsp3) is 0.350. The van der Waals surface area contributed by atoms with Crippen LogP contribution >= 0.6 is 0 Å². The molecule has 0 fully saturated rings. The number of rotatable bonds is 5. The van der Waals surface area contributed by atoms with Crippen molar-refractivity contribution in [2.75, 3.05) is 18.5 Å². The van der Waals surface area contributed by atoms with Crippen molar-refractivity contribution in [2.45, 2.75) is 31.8 Å². The fourth-order valence-electron chi connectivity index (χ4n) is 2.72. The molecule has 0 radical (unpaired) electrons. The summed E-state index contributed by atoms with van der Waals surface area (Å²) in [7, 11) is -1.31. The highest BCUT2D eigenvalue weighted by Gasteiger charge is 2.22. The minimum atomic E-state index is -1.31. The Hall–Kier alpha value is -2.34. The van der Waals surface area contributed by atoms with Crippen LogP contribution in [0.5, 0.6) is 11.5 Å². The van der Waals surface area contributed by atoms with Crippen LogP contribution in [0.1, 0.15) is 23.6 Å². The molecule has 0 aliphatic carbocycles. The molecule has 0 saturated heterocycles. The summed E-state index contributed by atoms with van der Waals surface area (Å²) in [6.07, 6.45) is 0. The van der Waals surface area contributed by atoms with Crippen LogP contribution in [0.3, 0.4) is 0 Å². The van der Waals surface area contributed by atoms with E-state index >= 15 is 0 Å². The molecule has 26 heavy (non-hydrogen) atoms. The molecule has 2 aromatic carbocycles.